The monoisotopic (exact) mass is 718 g/mol. The van der Waals surface area contributed by atoms with Gasteiger partial charge in [-0.15, -0.1) is 0 Å². The first-order chi connectivity index (χ1) is 25.0. The summed E-state index contributed by atoms with van der Waals surface area (Å²) in [5.74, 6) is -2.94. The number of alkyl carbamates (subject to hydrolysis) is 1. The summed E-state index contributed by atoms with van der Waals surface area (Å²) < 4.78 is 68.3. The number of amides is 2. The third-order valence-corrected chi connectivity index (χ3v) is 9.82. The highest BCUT2D eigenvalue weighted by molar-refractivity contribution is 5.85. The van der Waals surface area contributed by atoms with E-state index in [-0.39, 0.29) is 49.1 Å². The van der Waals surface area contributed by atoms with Crippen molar-refractivity contribution < 1.29 is 36.6 Å². The van der Waals surface area contributed by atoms with Crippen molar-refractivity contribution >= 4 is 17.7 Å². The fourth-order valence-corrected chi connectivity index (χ4v) is 6.82. The minimum Gasteiger partial charge on any atom is -0.448 e. The van der Waals surface area contributed by atoms with Crippen LogP contribution in [0.3, 0.4) is 0 Å². The van der Waals surface area contributed by atoms with Crippen LogP contribution in [0.5, 0.6) is 0 Å². The Balaban J connectivity index is 1.07. The van der Waals surface area contributed by atoms with E-state index in [0.29, 0.717) is 35.3 Å². The molecule has 0 bridgehead atoms. The van der Waals surface area contributed by atoms with Gasteiger partial charge in [0.25, 0.3) is 0 Å². The van der Waals surface area contributed by atoms with E-state index in [1.54, 1.807) is 18.2 Å². The normalized spacial score (nSPS) is 19.8. The zero-order chi connectivity index (χ0) is 36.8. The maximum absolute atomic E-state index is 15.4. The van der Waals surface area contributed by atoms with Crippen molar-refractivity contribution in [3.63, 3.8) is 0 Å². The molecule has 1 heterocycles. The first-order valence-corrected chi connectivity index (χ1v) is 17.5. The number of rotatable bonds is 14. The van der Waals surface area contributed by atoms with Crippen molar-refractivity contribution in [2.75, 3.05) is 18.5 Å². The van der Waals surface area contributed by atoms with Gasteiger partial charge in [-0.1, -0.05) is 42.5 Å². The minimum atomic E-state index is -1.10. The number of anilines is 1. The lowest BCUT2D eigenvalue weighted by Gasteiger charge is -2.35. The number of morpholine rings is 1. The van der Waals surface area contributed by atoms with Crippen LogP contribution in [0.15, 0.2) is 91.0 Å². The predicted molar refractivity (Wildman–Crippen MR) is 188 cm³/mol. The van der Waals surface area contributed by atoms with Gasteiger partial charge in [0, 0.05) is 23.7 Å². The van der Waals surface area contributed by atoms with Crippen LogP contribution in [0.1, 0.15) is 60.4 Å². The summed E-state index contributed by atoms with van der Waals surface area (Å²) in [6, 6.07) is 20.2. The van der Waals surface area contributed by atoms with Gasteiger partial charge in [0.2, 0.25) is 5.91 Å². The highest BCUT2D eigenvalue weighted by atomic mass is 19.1. The SMILES string of the molecule is C[C@@H]1O[C@H](CCc2c(F)cccc2N[C@H](C(N)=O)C(c2ccc(F)cc2)c2ccc(F)cc2)CN[C@@H]1COC(=O)N[C@@H](c1ccc(F)cc1)C1CC1. The van der Waals surface area contributed by atoms with E-state index < -0.39 is 41.4 Å². The third kappa shape index (κ3) is 9.29. The van der Waals surface area contributed by atoms with Crippen LogP contribution in [0.4, 0.5) is 28.0 Å². The van der Waals surface area contributed by atoms with Crippen LogP contribution in [0.25, 0.3) is 0 Å². The van der Waals surface area contributed by atoms with E-state index in [9.17, 15) is 22.8 Å². The van der Waals surface area contributed by atoms with Gasteiger partial charge >= 0.3 is 6.09 Å². The van der Waals surface area contributed by atoms with Gasteiger partial charge in [-0.25, -0.2) is 22.4 Å². The second-order valence-corrected chi connectivity index (χ2v) is 13.5. The maximum Gasteiger partial charge on any atom is 0.407 e. The molecular formula is C40H42F4N4O4. The molecule has 8 nitrogen and oxygen atoms in total. The average Bonchev–Trinajstić information content (AvgIpc) is 3.97. The number of nitrogens with one attached hydrogen (secondary N) is 3. The maximum atomic E-state index is 15.4. The molecule has 2 amide bonds. The van der Waals surface area contributed by atoms with Crippen LogP contribution in [0.2, 0.25) is 0 Å². The molecule has 1 saturated carbocycles. The van der Waals surface area contributed by atoms with E-state index in [1.165, 1.54) is 72.8 Å². The fourth-order valence-electron chi connectivity index (χ4n) is 6.82. The molecule has 0 radical (unpaired) electrons. The topological polar surface area (TPSA) is 115 Å². The van der Waals surface area contributed by atoms with Crippen molar-refractivity contribution in [1.82, 2.24) is 10.6 Å². The largest absolute Gasteiger partial charge is 0.448 e. The summed E-state index contributed by atoms with van der Waals surface area (Å²) in [5.41, 5.74) is 8.56. The first-order valence-electron chi connectivity index (χ1n) is 17.5. The zero-order valence-corrected chi connectivity index (χ0v) is 28.7. The second kappa shape index (κ2) is 16.6. The molecular weight excluding hydrogens is 676 g/mol. The van der Waals surface area contributed by atoms with Crippen molar-refractivity contribution in [1.29, 1.82) is 0 Å². The van der Waals surface area contributed by atoms with E-state index in [0.717, 1.165) is 18.4 Å². The Bertz CT molecular complexity index is 1780. The summed E-state index contributed by atoms with van der Waals surface area (Å²) in [6.45, 7) is 2.37. The van der Waals surface area contributed by atoms with Crippen molar-refractivity contribution in [2.45, 2.75) is 68.9 Å². The molecule has 274 valence electrons. The van der Waals surface area contributed by atoms with Crippen LogP contribution in [-0.4, -0.2) is 49.4 Å². The first kappa shape index (κ1) is 36.8. The lowest BCUT2D eigenvalue weighted by molar-refractivity contribution is -0.119. The molecule has 0 aromatic heterocycles. The van der Waals surface area contributed by atoms with Crippen LogP contribution in [-0.2, 0) is 20.7 Å². The fraction of sp³-hybridized carbons (Fsp3) is 0.350. The van der Waals surface area contributed by atoms with Crippen molar-refractivity contribution in [3.05, 3.63) is 137 Å². The number of carbonyl (C=O) groups is 2. The smallest absolute Gasteiger partial charge is 0.407 e. The highest BCUT2D eigenvalue weighted by Crippen LogP contribution is 2.41. The molecule has 4 aromatic rings. The number of halogens is 4. The van der Waals surface area contributed by atoms with Gasteiger partial charge in [0.1, 0.15) is 35.9 Å². The van der Waals surface area contributed by atoms with Crippen LogP contribution >= 0.6 is 0 Å². The Morgan fingerprint density at radius 1 is 0.865 bits per heavy atom. The molecule has 2 aliphatic rings. The summed E-state index contributed by atoms with van der Waals surface area (Å²) in [7, 11) is 0. The van der Waals surface area contributed by atoms with E-state index in [2.05, 4.69) is 16.0 Å². The highest BCUT2D eigenvalue weighted by Gasteiger charge is 2.35. The van der Waals surface area contributed by atoms with Crippen molar-refractivity contribution in [3.8, 4) is 0 Å². The van der Waals surface area contributed by atoms with E-state index in [1.807, 2.05) is 6.92 Å². The molecule has 6 rings (SSSR count). The Hall–Kier alpha value is -4.94. The number of benzene rings is 4. The molecule has 0 unspecified atom stereocenters. The van der Waals surface area contributed by atoms with Gasteiger partial charge < -0.3 is 31.2 Å². The van der Waals surface area contributed by atoms with Gasteiger partial charge in [-0.2, -0.15) is 0 Å². The lowest BCUT2D eigenvalue weighted by atomic mass is 9.84. The molecule has 1 aliphatic carbocycles. The number of hydrogen-bond donors (Lipinski definition) is 4. The quantitative estimate of drug-likeness (QED) is 0.106. The van der Waals surface area contributed by atoms with Gasteiger partial charge in [-0.05, 0) is 104 Å². The molecule has 5 N–H and O–H groups in total. The predicted octanol–water partition coefficient (Wildman–Crippen LogP) is 6.90. The molecule has 52 heavy (non-hydrogen) atoms. The summed E-state index contributed by atoms with van der Waals surface area (Å²) in [5, 5.41) is 9.45. The van der Waals surface area contributed by atoms with Crippen LogP contribution in [0, 0.1) is 29.2 Å². The molecule has 5 atom stereocenters. The minimum absolute atomic E-state index is 0.0691. The summed E-state index contributed by atoms with van der Waals surface area (Å²) in [4.78, 5) is 25.7. The summed E-state index contributed by atoms with van der Waals surface area (Å²) >= 11 is 0. The number of ether oxygens (including phenoxy) is 2. The Labute approximate surface area is 300 Å². The molecule has 12 heteroatoms. The van der Waals surface area contributed by atoms with Gasteiger partial charge in [0.15, 0.2) is 0 Å². The van der Waals surface area contributed by atoms with Gasteiger partial charge in [-0.3, -0.25) is 4.79 Å². The average molecular weight is 719 g/mol. The molecule has 1 aliphatic heterocycles. The molecule has 4 aromatic carbocycles. The lowest BCUT2D eigenvalue weighted by Crippen LogP contribution is -2.54. The standard InChI is InChI=1S/C40H42F4N4O4/c1-23-35(22-51-40(50)48-37(26-5-6-26)27-11-17-30(43)18-12-27)46-21-31(52-23)19-20-32-33(44)3-2-4-34(32)47-38(39(45)49)36(24-7-13-28(41)14-8-24)25-9-15-29(42)16-10-25/h2-4,7-18,23,26,31,35-38,46-47H,5-6,19-22H2,1H3,(H2,45,49)(H,48,50)/t23-,31+,35+,37+,38-/m0/s1. The molecule has 0 spiro atoms. The Kier molecular flexibility index (Phi) is 11.8. The number of hydrogen-bond acceptors (Lipinski definition) is 6. The molecule has 2 fully saturated rings. The number of primary amides is 1. The molecule has 1 saturated heterocycles. The van der Waals surface area contributed by atoms with Gasteiger partial charge in [0.05, 0.1) is 24.3 Å². The Morgan fingerprint density at radius 2 is 1.44 bits per heavy atom. The van der Waals surface area contributed by atoms with E-state index in [4.69, 9.17) is 15.2 Å². The number of nitrogens with two attached hydrogens (primary N) is 1. The summed E-state index contributed by atoms with van der Waals surface area (Å²) in [6.07, 6.45) is 1.46. The van der Waals surface area contributed by atoms with Crippen molar-refractivity contribution in [2.24, 2.45) is 11.7 Å². The van der Waals surface area contributed by atoms with Crippen LogP contribution < -0.4 is 21.7 Å². The number of carbonyl (C=O) groups excluding carboxylic acids is 2. The Morgan fingerprint density at radius 3 is 1.98 bits per heavy atom. The third-order valence-electron chi connectivity index (χ3n) is 9.82. The second-order valence-electron chi connectivity index (χ2n) is 13.5. The zero-order valence-electron chi connectivity index (χ0n) is 28.7. The van der Waals surface area contributed by atoms with E-state index >= 15 is 4.39 Å².